The first-order valence-electron chi connectivity index (χ1n) is 35.2. The molecule has 0 fully saturated rings. The number of amides is 5. The van der Waals surface area contributed by atoms with Crippen LogP contribution in [0.25, 0.3) is 43.1 Å². The monoisotopic (exact) mass is 1420 g/mol. The fourth-order valence-electron chi connectivity index (χ4n) is 11.8. The van der Waals surface area contributed by atoms with Crippen LogP contribution in [0.5, 0.6) is 5.75 Å². The number of benzene rings is 5. The summed E-state index contributed by atoms with van der Waals surface area (Å²) >= 11 is 1.31. The normalized spacial score (nSPS) is 13.6. The van der Waals surface area contributed by atoms with E-state index in [1.54, 1.807) is 31.4 Å². The van der Waals surface area contributed by atoms with Gasteiger partial charge in [-0.25, -0.2) is 0 Å². The third kappa shape index (κ3) is 23.9. The number of methoxy groups -OCH3 is 1. The molecule has 1 N–H and O–H groups in total. The van der Waals surface area contributed by atoms with Crippen molar-refractivity contribution in [2.45, 2.75) is 90.2 Å². The second-order valence-corrected chi connectivity index (χ2v) is 24.6. The first-order chi connectivity index (χ1) is 48.9. The molecule has 5 aromatic rings. The number of rotatable bonds is 60. The van der Waals surface area contributed by atoms with E-state index in [2.05, 4.69) is 5.32 Å². The van der Waals surface area contributed by atoms with Gasteiger partial charge in [0, 0.05) is 85.8 Å². The summed E-state index contributed by atoms with van der Waals surface area (Å²) in [6, 6.07) is 9.20. The minimum atomic E-state index is -0.839. The lowest BCUT2D eigenvalue weighted by molar-refractivity contribution is -0.125. The van der Waals surface area contributed by atoms with Crippen molar-refractivity contribution in [2.24, 2.45) is 0 Å². The van der Waals surface area contributed by atoms with E-state index in [0.717, 1.165) is 0 Å². The van der Waals surface area contributed by atoms with Crippen LogP contribution in [0.2, 0.25) is 0 Å². The number of Topliss-reactive ketones (excluding diaryl/α,β-unsaturated/α-hetero) is 1. The minimum absolute atomic E-state index is 0.0808. The van der Waals surface area contributed by atoms with E-state index in [1.807, 2.05) is 39.8 Å². The van der Waals surface area contributed by atoms with Gasteiger partial charge in [-0.15, -0.1) is 11.8 Å². The van der Waals surface area contributed by atoms with Crippen LogP contribution in [0.15, 0.2) is 41.3 Å². The third-order valence-electron chi connectivity index (χ3n) is 16.8. The summed E-state index contributed by atoms with van der Waals surface area (Å²) in [6.45, 7) is 24.5. The molecule has 2 aliphatic heterocycles. The Bertz CT molecular complexity index is 3310. The Morgan fingerprint density at radius 2 is 0.660 bits per heavy atom. The largest absolute Gasteiger partial charge is 0.490 e. The van der Waals surface area contributed by atoms with Gasteiger partial charge in [0.15, 0.2) is 5.78 Å². The van der Waals surface area contributed by atoms with Crippen LogP contribution < -0.4 is 10.1 Å². The number of hydrogen-bond donors (Lipinski definition) is 1. The lowest BCUT2D eigenvalue weighted by Crippen LogP contribution is -2.46. The van der Waals surface area contributed by atoms with Crippen LogP contribution in [0, 0.1) is 0 Å². The van der Waals surface area contributed by atoms with Crippen LogP contribution in [0.4, 0.5) is 0 Å². The molecule has 100 heavy (non-hydrogen) atoms. The second-order valence-electron chi connectivity index (χ2n) is 23.5. The highest BCUT2D eigenvalue weighted by atomic mass is 32.2. The number of imide groups is 2. The van der Waals surface area contributed by atoms with Crippen LogP contribution in [0.3, 0.4) is 0 Å². The standard InChI is InChI=1S/C73H105N3O23S/c1-8-53(9-2)75-70(79)57-15-13-56-67-63(100-50-61(51(5)77)74-52(6)78)49-60-65-58(71(80)76(73(60)82)54(10-3)11-4)14-12-55(69(65)67)66-62(48-59(72(75)81)64(57)68(56)66)99-47-46-98-45-44-97-43-42-96-41-40-95-39-38-94-37-36-93-35-34-92-33-32-91-31-30-90-29-28-89-27-26-88-25-24-87-23-22-86-21-20-85-19-18-84-17-16-83-7/h12-15,48-49,53-54,61H,8-11,16-47,50H2,1-7H3,(H,74,78). The van der Waals surface area contributed by atoms with Crippen LogP contribution in [-0.2, 0) is 85.4 Å². The SMILES string of the molecule is CCC(CC)N1C(=O)c2ccc3c4c(SCC(NC(C)=O)C(C)=O)cc5c6c(ccc(c7c(OCCOCCOCCOCCOCCOCCOCCOCCOCCOCCOCCOCCOCCOCCOCCOCCOC)cc(c2c37)C1=O)c64)C(=O)N(C(CC)CC)C5=O. The molecule has 556 valence electrons. The van der Waals surface area contributed by atoms with Gasteiger partial charge in [0.05, 0.1) is 216 Å². The molecule has 0 bridgehead atoms. The molecule has 0 radical (unpaired) electrons. The quantitative estimate of drug-likeness (QED) is 0.0128. The fraction of sp³-hybridized carbons (Fsp3) is 0.644. The van der Waals surface area contributed by atoms with Gasteiger partial charge in [-0.2, -0.15) is 0 Å². The summed E-state index contributed by atoms with van der Waals surface area (Å²) < 4.78 is 95.2. The number of ketones is 1. The van der Waals surface area contributed by atoms with Gasteiger partial charge in [0.25, 0.3) is 23.6 Å². The number of fused-ring (bicyclic) bond motifs is 2. The van der Waals surface area contributed by atoms with Gasteiger partial charge in [-0.3, -0.25) is 38.6 Å². The average molecular weight is 1420 g/mol. The van der Waals surface area contributed by atoms with Crippen molar-refractivity contribution < 1.29 is 109 Å². The molecule has 5 aromatic carbocycles. The maximum Gasteiger partial charge on any atom is 0.261 e. The van der Waals surface area contributed by atoms with E-state index < -0.39 is 29.7 Å². The average Bonchev–Trinajstić information content (AvgIpc) is 0.683. The number of carbonyl (C=O) groups excluding carboxylic acids is 6. The van der Waals surface area contributed by atoms with Gasteiger partial charge >= 0.3 is 0 Å². The van der Waals surface area contributed by atoms with Crippen LogP contribution in [-0.4, -0.2) is 288 Å². The summed E-state index contributed by atoms with van der Waals surface area (Å²) in [7, 11) is 1.64. The van der Waals surface area contributed by atoms with E-state index >= 15 is 0 Å². The summed E-state index contributed by atoms with van der Waals surface area (Å²) in [6.07, 6.45) is 2.26. The van der Waals surface area contributed by atoms with E-state index in [1.165, 1.54) is 35.4 Å². The van der Waals surface area contributed by atoms with E-state index in [0.29, 0.717) is 293 Å². The Labute approximate surface area is 591 Å². The Balaban J connectivity index is 0.746. The molecule has 0 aromatic heterocycles. The molecule has 0 aliphatic carbocycles. The van der Waals surface area contributed by atoms with Gasteiger partial charge in [0.2, 0.25) is 5.91 Å². The zero-order valence-corrected chi connectivity index (χ0v) is 60.4. The molecule has 5 amide bonds. The first-order valence-corrected chi connectivity index (χ1v) is 36.1. The number of nitrogens with zero attached hydrogens (tertiary/aromatic N) is 2. The molecule has 26 nitrogen and oxygen atoms in total. The number of hydrogen-bond acceptors (Lipinski definition) is 24. The third-order valence-corrected chi connectivity index (χ3v) is 18.0. The summed E-state index contributed by atoms with van der Waals surface area (Å²) in [5.41, 5.74) is 1.39. The molecule has 1 atom stereocenters. The van der Waals surface area contributed by atoms with Gasteiger partial charge in [-0.1, -0.05) is 39.8 Å². The highest BCUT2D eigenvalue weighted by molar-refractivity contribution is 7.99. The molecule has 0 saturated heterocycles. The minimum Gasteiger partial charge on any atom is -0.490 e. The van der Waals surface area contributed by atoms with Crippen molar-refractivity contribution in [3.05, 3.63) is 58.7 Å². The molecule has 27 heteroatoms. The van der Waals surface area contributed by atoms with Crippen LogP contribution in [0.1, 0.15) is 109 Å². The van der Waals surface area contributed by atoms with Crippen molar-refractivity contribution in [3.63, 3.8) is 0 Å². The first kappa shape index (κ1) is 81.6. The number of thioether (sulfide) groups is 1. The van der Waals surface area contributed by atoms with Crippen molar-refractivity contribution in [1.29, 1.82) is 0 Å². The lowest BCUT2D eigenvalue weighted by atomic mass is 9.81. The van der Waals surface area contributed by atoms with Gasteiger partial charge in [0.1, 0.15) is 12.4 Å². The Morgan fingerprint density at radius 3 is 0.970 bits per heavy atom. The second kappa shape index (κ2) is 46.1. The topological polar surface area (TPSA) is 278 Å². The fourth-order valence-corrected chi connectivity index (χ4v) is 13.1. The Hall–Kier alpha value is -5.67. The summed E-state index contributed by atoms with van der Waals surface area (Å²) in [4.78, 5) is 87.4. The van der Waals surface area contributed by atoms with Crippen molar-refractivity contribution in [1.82, 2.24) is 15.1 Å². The van der Waals surface area contributed by atoms with Crippen LogP contribution >= 0.6 is 11.8 Å². The highest BCUT2D eigenvalue weighted by Crippen LogP contribution is 2.52. The summed E-state index contributed by atoms with van der Waals surface area (Å²) in [5, 5.41) is 7.57. The lowest BCUT2D eigenvalue weighted by Gasteiger charge is -2.35. The molecular weight excluding hydrogens is 1320 g/mol. The molecule has 0 saturated carbocycles. The molecule has 1 unspecified atom stereocenters. The number of ether oxygens (including phenoxy) is 17. The number of carbonyl (C=O) groups is 6. The predicted octanol–water partition coefficient (Wildman–Crippen LogP) is 7.77. The van der Waals surface area contributed by atoms with Crippen molar-refractivity contribution >= 4 is 90.2 Å². The van der Waals surface area contributed by atoms with E-state index in [4.69, 9.17) is 80.5 Å². The zero-order valence-electron chi connectivity index (χ0n) is 59.6. The van der Waals surface area contributed by atoms with E-state index in [9.17, 15) is 28.8 Å². The van der Waals surface area contributed by atoms with E-state index in [-0.39, 0.29) is 49.3 Å². The maximum atomic E-state index is 14.8. The highest BCUT2D eigenvalue weighted by Gasteiger charge is 2.41. The maximum absolute atomic E-state index is 14.8. The van der Waals surface area contributed by atoms with Gasteiger partial charge < -0.3 is 85.8 Å². The Morgan fingerprint density at radius 1 is 0.370 bits per heavy atom. The zero-order chi connectivity index (χ0) is 71.3. The van der Waals surface area contributed by atoms with Crippen molar-refractivity contribution in [2.75, 3.05) is 224 Å². The molecular formula is C73H105N3O23S. The van der Waals surface area contributed by atoms with Gasteiger partial charge in [-0.05, 0) is 67.6 Å². The smallest absolute Gasteiger partial charge is 0.261 e. The molecule has 2 heterocycles. The Kier molecular flexibility index (Phi) is 37.7. The van der Waals surface area contributed by atoms with Crippen molar-refractivity contribution in [3.8, 4) is 5.75 Å². The molecule has 0 spiro atoms. The molecule has 7 rings (SSSR count). The molecule has 2 aliphatic rings. The number of nitrogens with one attached hydrogen (secondary N) is 1. The summed E-state index contributed by atoms with van der Waals surface area (Å²) in [5.74, 6) is -1.74. The predicted molar refractivity (Wildman–Crippen MR) is 376 cm³/mol.